The molecule has 14 heavy (non-hydrogen) atoms. The summed E-state index contributed by atoms with van der Waals surface area (Å²) in [6.45, 7) is 1.65. The molecule has 0 fully saturated rings. The van der Waals surface area contributed by atoms with Crippen LogP contribution in [0.4, 0.5) is 5.69 Å². The fourth-order valence-corrected chi connectivity index (χ4v) is 1.24. The summed E-state index contributed by atoms with van der Waals surface area (Å²) in [5.41, 5.74) is 0.573. The maximum Gasteiger partial charge on any atom is 0.310 e. The Hall–Kier alpha value is -1.43. The van der Waals surface area contributed by atoms with Gasteiger partial charge in [-0.1, -0.05) is 0 Å². The third kappa shape index (κ3) is 2.29. The highest BCUT2D eigenvalue weighted by Crippen LogP contribution is 2.18. The molecule has 0 aliphatic rings. The summed E-state index contributed by atoms with van der Waals surface area (Å²) in [6, 6.07) is 0. The standard InChI is InChI=1S/C8H13N3O3/c1-6(12)3-4-7-8(11(13)14)5-9-10(7)2/h5-6,12H,3-4H2,1-2H3/t6-/m0/s1. The van der Waals surface area contributed by atoms with Gasteiger partial charge in [0.05, 0.1) is 11.0 Å². The molecule has 0 aliphatic heterocycles. The van der Waals surface area contributed by atoms with E-state index in [-0.39, 0.29) is 5.69 Å². The average Bonchev–Trinajstić information content (AvgIpc) is 2.43. The van der Waals surface area contributed by atoms with E-state index < -0.39 is 11.0 Å². The highest BCUT2D eigenvalue weighted by Gasteiger charge is 2.18. The van der Waals surface area contributed by atoms with Crippen LogP contribution in [0.3, 0.4) is 0 Å². The van der Waals surface area contributed by atoms with Crippen molar-refractivity contribution in [3.8, 4) is 0 Å². The third-order valence-electron chi connectivity index (χ3n) is 2.04. The second kappa shape index (κ2) is 4.19. The topological polar surface area (TPSA) is 81.2 Å². The molecule has 6 nitrogen and oxygen atoms in total. The van der Waals surface area contributed by atoms with Crippen molar-refractivity contribution in [3.05, 3.63) is 22.0 Å². The summed E-state index contributed by atoms with van der Waals surface area (Å²) in [7, 11) is 1.66. The summed E-state index contributed by atoms with van der Waals surface area (Å²) in [5, 5.41) is 23.5. The fourth-order valence-electron chi connectivity index (χ4n) is 1.24. The lowest BCUT2D eigenvalue weighted by Crippen LogP contribution is -2.06. The zero-order chi connectivity index (χ0) is 10.7. The Morgan fingerprint density at radius 1 is 1.79 bits per heavy atom. The van der Waals surface area contributed by atoms with E-state index in [1.54, 1.807) is 14.0 Å². The number of aliphatic hydroxyl groups is 1. The minimum atomic E-state index is -0.454. The summed E-state index contributed by atoms with van der Waals surface area (Å²) < 4.78 is 1.47. The van der Waals surface area contributed by atoms with Crippen molar-refractivity contribution in [2.24, 2.45) is 7.05 Å². The SMILES string of the molecule is C[C@H](O)CCc1c([N+](=O)[O-])cnn1C. The van der Waals surface area contributed by atoms with Gasteiger partial charge in [-0.2, -0.15) is 5.10 Å². The van der Waals surface area contributed by atoms with E-state index in [2.05, 4.69) is 5.10 Å². The van der Waals surface area contributed by atoms with Gasteiger partial charge in [-0.15, -0.1) is 0 Å². The maximum absolute atomic E-state index is 10.6. The number of nitrogens with zero attached hydrogens (tertiary/aromatic N) is 3. The van der Waals surface area contributed by atoms with E-state index in [1.807, 2.05) is 0 Å². The van der Waals surface area contributed by atoms with E-state index in [9.17, 15) is 10.1 Å². The van der Waals surface area contributed by atoms with Crippen LogP contribution in [-0.2, 0) is 13.5 Å². The minimum Gasteiger partial charge on any atom is -0.393 e. The first kappa shape index (κ1) is 10.6. The van der Waals surface area contributed by atoms with Gasteiger partial charge in [0, 0.05) is 7.05 Å². The molecule has 1 aromatic heterocycles. The molecule has 0 aromatic carbocycles. The lowest BCUT2D eigenvalue weighted by molar-refractivity contribution is -0.385. The zero-order valence-electron chi connectivity index (χ0n) is 8.17. The van der Waals surface area contributed by atoms with Crippen molar-refractivity contribution >= 4 is 5.69 Å². The second-order valence-electron chi connectivity index (χ2n) is 3.24. The van der Waals surface area contributed by atoms with Crippen LogP contribution in [0.25, 0.3) is 0 Å². The summed E-state index contributed by atoms with van der Waals surface area (Å²) >= 11 is 0. The molecule has 78 valence electrons. The fraction of sp³-hybridized carbons (Fsp3) is 0.625. The molecule has 0 radical (unpaired) electrons. The molecule has 1 atom stereocenters. The van der Waals surface area contributed by atoms with Gasteiger partial charge in [0.25, 0.3) is 0 Å². The second-order valence-corrected chi connectivity index (χ2v) is 3.24. The molecule has 0 aliphatic carbocycles. The first-order chi connectivity index (χ1) is 6.52. The van der Waals surface area contributed by atoms with Gasteiger partial charge in [-0.05, 0) is 19.8 Å². The van der Waals surface area contributed by atoms with Crippen molar-refractivity contribution in [2.45, 2.75) is 25.9 Å². The maximum atomic E-state index is 10.6. The minimum absolute atomic E-state index is 0.0214. The normalized spacial score (nSPS) is 12.8. The van der Waals surface area contributed by atoms with Crippen molar-refractivity contribution in [1.82, 2.24) is 9.78 Å². The molecule has 0 saturated heterocycles. The molecule has 1 N–H and O–H groups in total. The molecule has 0 bridgehead atoms. The third-order valence-corrected chi connectivity index (χ3v) is 2.04. The van der Waals surface area contributed by atoms with Crippen LogP contribution in [0.1, 0.15) is 19.0 Å². The quantitative estimate of drug-likeness (QED) is 0.570. The predicted molar refractivity (Wildman–Crippen MR) is 49.9 cm³/mol. The smallest absolute Gasteiger partial charge is 0.310 e. The number of aromatic nitrogens is 2. The molecular weight excluding hydrogens is 186 g/mol. The first-order valence-corrected chi connectivity index (χ1v) is 4.35. The van der Waals surface area contributed by atoms with Crippen LogP contribution in [-0.4, -0.2) is 25.9 Å². The van der Waals surface area contributed by atoms with Gasteiger partial charge in [0.1, 0.15) is 11.9 Å². The molecule has 1 rings (SSSR count). The van der Waals surface area contributed by atoms with Crippen LogP contribution in [0.15, 0.2) is 6.20 Å². The molecule has 0 spiro atoms. The Balaban J connectivity index is 2.83. The highest BCUT2D eigenvalue weighted by atomic mass is 16.6. The summed E-state index contributed by atoms with van der Waals surface area (Å²) in [6.07, 6.45) is 1.74. The van der Waals surface area contributed by atoms with Gasteiger partial charge in [0.2, 0.25) is 0 Å². The molecule has 6 heteroatoms. The van der Waals surface area contributed by atoms with E-state index in [4.69, 9.17) is 5.11 Å². The molecule has 1 heterocycles. The molecule has 1 aromatic rings. The van der Waals surface area contributed by atoms with Crippen LogP contribution >= 0.6 is 0 Å². The Labute approximate surface area is 81.3 Å². The van der Waals surface area contributed by atoms with Crippen LogP contribution in [0, 0.1) is 10.1 Å². The van der Waals surface area contributed by atoms with E-state index in [1.165, 1.54) is 10.9 Å². The number of aliphatic hydroxyl groups excluding tert-OH is 1. The van der Waals surface area contributed by atoms with Crippen molar-refractivity contribution in [2.75, 3.05) is 0 Å². The highest BCUT2D eigenvalue weighted by molar-refractivity contribution is 5.32. The Bertz CT molecular complexity index is 333. The monoisotopic (exact) mass is 199 g/mol. The Kier molecular flexibility index (Phi) is 3.19. The summed E-state index contributed by atoms with van der Waals surface area (Å²) in [4.78, 5) is 10.1. The van der Waals surface area contributed by atoms with Gasteiger partial charge in [-0.25, -0.2) is 0 Å². The number of hydrogen-bond donors (Lipinski definition) is 1. The van der Waals surface area contributed by atoms with E-state index >= 15 is 0 Å². The lowest BCUT2D eigenvalue weighted by Gasteiger charge is -2.03. The number of rotatable bonds is 4. The lowest BCUT2D eigenvalue weighted by atomic mass is 10.1. The van der Waals surface area contributed by atoms with Crippen LogP contribution < -0.4 is 0 Å². The Morgan fingerprint density at radius 3 is 2.93 bits per heavy atom. The molecule has 0 amide bonds. The number of nitro groups is 1. The molecular formula is C8H13N3O3. The molecule has 0 unspecified atom stereocenters. The number of hydrogen-bond acceptors (Lipinski definition) is 4. The van der Waals surface area contributed by atoms with E-state index in [0.29, 0.717) is 18.5 Å². The van der Waals surface area contributed by atoms with Gasteiger partial charge in [-0.3, -0.25) is 14.8 Å². The van der Waals surface area contributed by atoms with Crippen LogP contribution in [0.5, 0.6) is 0 Å². The first-order valence-electron chi connectivity index (χ1n) is 4.35. The largest absolute Gasteiger partial charge is 0.393 e. The van der Waals surface area contributed by atoms with Gasteiger partial charge >= 0.3 is 5.69 Å². The van der Waals surface area contributed by atoms with E-state index in [0.717, 1.165) is 0 Å². The van der Waals surface area contributed by atoms with Crippen molar-refractivity contribution in [1.29, 1.82) is 0 Å². The van der Waals surface area contributed by atoms with Crippen molar-refractivity contribution < 1.29 is 10.0 Å². The zero-order valence-corrected chi connectivity index (χ0v) is 8.17. The number of aryl methyl sites for hydroxylation is 1. The van der Waals surface area contributed by atoms with Gasteiger partial charge in [0.15, 0.2) is 0 Å². The van der Waals surface area contributed by atoms with Crippen molar-refractivity contribution in [3.63, 3.8) is 0 Å². The molecule has 0 saturated carbocycles. The summed E-state index contributed by atoms with van der Waals surface area (Å²) in [5.74, 6) is 0. The predicted octanol–water partition coefficient (Wildman–Crippen LogP) is 0.642. The average molecular weight is 199 g/mol. The van der Waals surface area contributed by atoms with Crippen LogP contribution in [0.2, 0.25) is 0 Å². The Morgan fingerprint density at radius 2 is 2.43 bits per heavy atom. The van der Waals surface area contributed by atoms with Gasteiger partial charge < -0.3 is 5.11 Å².